The smallest absolute Gasteiger partial charge is 0.103 e. The van der Waals surface area contributed by atoms with Gasteiger partial charge in [0, 0.05) is 0 Å². The molecule has 0 spiro atoms. The average molecular weight is 170 g/mol. The number of rotatable bonds is 2. The van der Waals surface area contributed by atoms with E-state index in [1.54, 1.807) is 0 Å². The van der Waals surface area contributed by atoms with Crippen LogP contribution in [0.15, 0.2) is 0 Å². The molecule has 0 aromatic carbocycles. The van der Waals surface area contributed by atoms with E-state index in [9.17, 15) is 0 Å². The van der Waals surface area contributed by atoms with Crippen molar-refractivity contribution in [1.29, 1.82) is 0 Å². The molecule has 64 valence electrons. The minimum Gasteiger partial charge on any atom is -0.364 e. The molecule has 0 heterocycles. The van der Waals surface area contributed by atoms with Crippen LogP contribution in [0.1, 0.15) is 20.8 Å². The van der Waals surface area contributed by atoms with Crippen molar-refractivity contribution >= 4 is 8.80 Å². The van der Waals surface area contributed by atoms with Gasteiger partial charge in [0.15, 0.2) is 0 Å². The lowest BCUT2D eigenvalue weighted by Crippen LogP contribution is -2.34. The zero-order valence-corrected chi connectivity index (χ0v) is 9.29. The van der Waals surface area contributed by atoms with E-state index in [4.69, 9.17) is 11.2 Å². The molecule has 1 unspecified atom stereocenters. The second kappa shape index (κ2) is 3.94. The molecule has 11 heavy (non-hydrogen) atoms. The maximum atomic E-state index is 5.67. The fraction of sp³-hybridized carbons (Fsp3) is 0.778. The molecule has 0 aliphatic carbocycles. The molecule has 2 heteroatoms. The Hall–Kier alpha value is -0.263. The van der Waals surface area contributed by atoms with Crippen LogP contribution >= 0.6 is 0 Å². The lowest BCUT2D eigenvalue weighted by Gasteiger charge is -2.26. The van der Waals surface area contributed by atoms with E-state index in [0.717, 1.165) is 0 Å². The van der Waals surface area contributed by atoms with Crippen molar-refractivity contribution < 1.29 is 4.74 Å². The zero-order valence-electron chi connectivity index (χ0n) is 8.14. The van der Waals surface area contributed by atoms with Crippen molar-refractivity contribution in [2.45, 2.75) is 45.2 Å². The van der Waals surface area contributed by atoms with Crippen LogP contribution in [-0.2, 0) is 4.74 Å². The van der Waals surface area contributed by atoms with Gasteiger partial charge in [0.25, 0.3) is 0 Å². The van der Waals surface area contributed by atoms with E-state index in [-0.39, 0.29) is 11.3 Å². The summed E-state index contributed by atoms with van der Waals surface area (Å²) < 4.78 is 5.67. The molecule has 0 N–H and O–H groups in total. The summed E-state index contributed by atoms with van der Waals surface area (Å²) in [6.45, 7) is 10.5. The van der Waals surface area contributed by atoms with E-state index in [2.05, 4.69) is 19.0 Å². The van der Waals surface area contributed by atoms with Crippen LogP contribution in [0.5, 0.6) is 0 Å². The average Bonchev–Trinajstić information content (AvgIpc) is 1.80. The molecular formula is C9H18OSi. The van der Waals surface area contributed by atoms with E-state index in [1.165, 1.54) is 0 Å². The van der Waals surface area contributed by atoms with Crippen LogP contribution in [0.2, 0.25) is 13.1 Å². The minimum absolute atomic E-state index is 0.0787. The molecule has 0 bridgehead atoms. The number of hydrogen-bond donors (Lipinski definition) is 0. The van der Waals surface area contributed by atoms with Crippen LogP contribution in [0, 0.1) is 12.3 Å². The van der Waals surface area contributed by atoms with E-state index >= 15 is 0 Å². The molecule has 1 nitrogen and oxygen atoms in total. The third-order valence-corrected chi connectivity index (χ3v) is 2.79. The van der Waals surface area contributed by atoms with Gasteiger partial charge < -0.3 is 4.74 Å². The second-order valence-corrected chi connectivity index (χ2v) is 7.16. The Morgan fingerprint density at radius 3 is 1.91 bits per heavy atom. The van der Waals surface area contributed by atoms with Gasteiger partial charge in [-0.3, -0.25) is 0 Å². The Bertz CT molecular complexity index is 150. The van der Waals surface area contributed by atoms with Crippen LogP contribution in [0.25, 0.3) is 0 Å². The largest absolute Gasteiger partial charge is 0.364 e. The third kappa shape index (κ3) is 5.06. The SMILES string of the molecule is C#CC(OC(C)(C)C)[SiH](C)C. The molecule has 0 rings (SSSR count). The van der Waals surface area contributed by atoms with Crippen LogP contribution in [0.4, 0.5) is 0 Å². The molecule has 0 radical (unpaired) electrons. The second-order valence-electron chi connectivity index (χ2n) is 4.06. The van der Waals surface area contributed by atoms with Crippen molar-refractivity contribution in [3.05, 3.63) is 0 Å². The van der Waals surface area contributed by atoms with E-state index < -0.39 is 8.80 Å². The molecule has 1 atom stereocenters. The van der Waals surface area contributed by atoms with Crippen molar-refractivity contribution in [2.24, 2.45) is 0 Å². The number of ether oxygens (including phenoxy) is 1. The van der Waals surface area contributed by atoms with Crippen LogP contribution in [0.3, 0.4) is 0 Å². The summed E-state index contributed by atoms with van der Waals surface area (Å²) in [6, 6.07) is 0. The van der Waals surface area contributed by atoms with Gasteiger partial charge in [0.1, 0.15) is 5.73 Å². The minimum atomic E-state index is -0.844. The highest BCUT2D eigenvalue weighted by atomic mass is 28.3. The fourth-order valence-corrected chi connectivity index (χ4v) is 1.81. The molecular weight excluding hydrogens is 152 g/mol. The van der Waals surface area contributed by atoms with Gasteiger partial charge in [0.05, 0.1) is 14.4 Å². The number of terminal acetylenes is 1. The van der Waals surface area contributed by atoms with Gasteiger partial charge in [-0.25, -0.2) is 0 Å². The van der Waals surface area contributed by atoms with E-state index in [1.807, 2.05) is 20.8 Å². The molecule has 0 aromatic rings. The summed E-state index contributed by atoms with van der Waals surface area (Å²) in [4.78, 5) is 0. The standard InChI is InChI=1S/C9H18OSi/c1-7-8(11(5)6)10-9(2,3)4/h1,8,11H,2-6H3. The highest BCUT2D eigenvalue weighted by Gasteiger charge is 2.19. The van der Waals surface area contributed by atoms with Gasteiger partial charge in [-0.15, -0.1) is 6.42 Å². The normalized spacial score (nSPS) is 14.6. The highest BCUT2D eigenvalue weighted by molar-refractivity contribution is 6.58. The van der Waals surface area contributed by atoms with Gasteiger partial charge >= 0.3 is 0 Å². The van der Waals surface area contributed by atoms with Crippen LogP contribution < -0.4 is 0 Å². The summed E-state index contributed by atoms with van der Waals surface area (Å²) >= 11 is 0. The molecule has 0 aliphatic rings. The Morgan fingerprint density at radius 1 is 1.36 bits per heavy atom. The van der Waals surface area contributed by atoms with Gasteiger partial charge in [-0.1, -0.05) is 19.0 Å². The summed E-state index contributed by atoms with van der Waals surface area (Å²) in [5.41, 5.74) is -0.0242. The van der Waals surface area contributed by atoms with Gasteiger partial charge in [-0.2, -0.15) is 0 Å². The molecule has 0 saturated carbocycles. The first kappa shape index (κ1) is 10.7. The molecule has 0 aliphatic heterocycles. The topological polar surface area (TPSA) is 9.23 Å². The molecule has 0 saturated heterocycles. The van der Waals surface area contributed by atoms with Crippen molar-refractivity contribution in [3.8, 4) is 12.3 Å². The third-order valence-electron chi connectivity index (χ3n) is 1.25. The first-order chi connectivity index (χ1) is 4.87. The van der Waals surface area contributed by atoms with Crippen molar-refractivity contribution in [1.82, 2.24) is 0 Å². The molecule has 0 fully saturated rings. The Kier molecular flexibility index (Phi) is 3.84. The summed E-state index contributed by atoms with van der Waals surface area (Å²) in [7, 11) is -0.844. The lowest BCUT2D eigenvalue weighted by molar-refractivity contribution is -0.00335. The Balaban J connectivity index is 4.02. The predicted molar refractivity (Wildman–Crippen MR) is 52.3 cm³/mol. The Morgan fingerprint density at radius 2 is 1.82 bits per heavy atom. The molecule has 0 aromatic heterocycles. The van der Waals surface area contributed by atoms with Crippen molar-refractivity contribution in [2.75, 3.05) is 0 Å². The van der Waals surface area contributed by atoms with Crippen LogP contribution in [-0.4, -0.2) is 20.1 Å². The van der Waals surface area contributed by atoms with Gasteiger partial charge in [0.2, 0.25) is 0 Å². The quantitative estimate of drug-likeness (QED) is 0.454. The maximum absolute atomic E-state index is 5.67. The summed E-state index contributed by atoms with van der Waals surface area (Å²) in [5, 5.41) is 0. The van der Waals surface area contributed by atoms with E-state index in [0.29, 0.717) is 0 Å². The molecule has 0 amide bonds. The fourth-order valence-electron chi connectivity index (χ4n) is 0.743. The summed E-state index contributed by atoms with van der Waals surface area (Å²) in [5.74, 6) is 2.70. The first-order valence-electron chi connectivity index (χ1n) is 4.01. The number of hydrogen-bond acceptors (Lipinski definition) is 1. The highest BCUT2D eigenvalue weighted by Crippen LogP contribution is 2.11. The zero-order chi connectivity index (χ0) is 9.07. The summed E-state index contributed by atoms with van der Waals surface area (Å²) in [6.07, 6.45) is 5.34. The first-order valence-corrected chi connectivity index (χ1v) is 6.98. The predicted octanol–water partition coefficient (Wildman–Crippen LogP) is 1.83. The van der Waals surface area contributed by atoms with Gasteiger partial charge in [-0.05, 0) is 20.8 Å². The Labute approximate surface area is 71.7 Å². The lowest BCUT2D eigenvalue weighted by atomic mass is 10.2. The van der Waals surface area contributed by atoms with Crippen molar-refractivity contribution in [3.63, 3.8) is 0 Å². The monoisotopic (exact) mass is 170 g/mol. The maximum Gasteiger partial charge on any atom is 0.103 e.